The molecule has 10 heteroatoms. The number of halogens is 1. The fourth-order valence-electron chi connectivity index (χ4n) is 4.23. The number of aromatic nitrogens is 7. The summed E-state index contributed by atoms with van der Waals surface area (Å²) in [5.41, 5.74) is 4.73. The molecule has 9 nitrogen and oxygen atoms in total. The van der Waals surface area contributed by atoms with E-state index in [1.165, 1.54) is 12.5 Å². The molecule has 0 saturated carbocycles. The van der Waals surface area contributed by atoms with Crippen LogP contribution in [0.2, 0.25) is 5.02 Å². The lowest BCUT2D eigenvalue weighted by atomic mass is 10.1. The lowest BCUT2D eigenvalue weighted by Gasteiger charge is -2.12. The fourth-order valence-corrected chi connectivity index (χ4v) is 4.41. The van der Waals surface area contributed by atoms with Gasteiger partial charge in [-0.3, -0.25) is 0 Å². The monoisotopic (exact) mass is 491 g/mol. The van der Waals surface area contributed by atoms with Gasteiger partial charge in [0.15, 0.2) is 17.3 Å². The quantitative estimate of drug-likeness (QED) is 0.350. The smallest absolute Gasteiger partial charge is 0.168 e. The van der Waals surface area contributed by atoms with Crippen molar-refractivity contribution in [1.82, 2.24) is 34.5 Å². The molecule has 0 atom stereocenters. The van der Waals surface area contributed by atoms with Gasteiger partial charge in [-0.1, -0.05) is 35.9 Å². The number of nitriles is 1. The predicted molar refractivity (Wildman–Crippen MR) is 138 cm³/mol. The molecule has 0 amide bonds. The number of pyridine rings is 1. The molecular weight excluding hydrogens is 474 g/mol. The Kier molecular flexibility index (Phi) is 5.09. The number of hydrogen-bond acceptors (Lipinski definition) is 7. The minimum absolute atomic E-state index is 0.355. The van der Waals surface area contributed by atoms with Gasteiger partial charge in [-0.15, -0.1) is 0 Å². The fraction of sp³-hybridized carbons (Fsp3) is 0.0769. The van der Waals surface area contributed by atoms with Crippen LogP contribution in [-0.4, -0.2) is 34.5 Å². The van der Waals surface area contributed by atoms with Gasteiger partial charge in [-0.2, -0.15) is 20.1 Å². The summed E-state index contributed by atoms with van der Waals surface area (Å²) >= 11 is 6.17. The van der Waals surface area contributed by atoms with E-state index in [0.717, 1.165) is 27.7 Å². The largest absolute Gasteiger partial charge is 0.323 e. The van der Waals surface area contributed by atoms with Gasteiger partial charge < -0.3 is 5.32 Å². The first kappa shape index (κ1) is 21.7. The molecule has 4 aromatic heterocycles. The van der Waals surface area contributed by atoms with Gasteiger partial charge in [0.2, 0.25) is 0 Å². The number of nitrogens with one attached hydrogen (secondary N) is 1. The summed E-state index contributed by atoms with van der Waals surface area (Å²) in [6.07, 6.45) is 4.63. The Morgan fingerprint density at radius 1 is 0.917 bits per heavy atom. The first-order valence-electron chi connectivity index (χ1n) is 11.1. The van der Waals surface area contributed by atoms with E-state index in [1.54, 1.807) is 21.6 Å². The molecule has 0 aliphatic heterocycles. The van der Waals surface area contributed by atoms with Crippen LogP contribution in [0, 0.1) is 25.2 Å². The Balaban J connectivity index is 1.48. The molecule has 0 bridgehead atoms. The maximum absolute atomic E-state index is 9.79. The number of benzene rings is 2. The minimum Gasteiger partial charge on any atom is -0.323 e. The van der Waals surface area contributed by atoms with Crippen molar-refractivity contribution in [2.75, 3.05) is 5.32 Å². The van der Waals surface area contributed by atoms with Crippen LogP contribution in [0.5, 0.6) is 0 Å². The number of para-hydroxylation sites is 1. The molecule has 36 heavy (non-hydrogen) atoms. The summed E-state index contributed by atoms with van der Waals surface area (Å²) in [6, 6.07) is 17.6. The number of nitrogens with zero attached hydrogens (tertiary/aromatic N) is 8. The highest BCUT2D eigenvalue weighted by molar-refractivity contribution is 6.30. The molecule has 174 valence electrons. The number of aryl methyl sites for hydroxylation is 2. The lowest BCUT2D eigenvalue weighted by molar-refractivity contribution is 0.857. The first-order valence-corrected chi connectivity index (χ1v) is 11.5. The second-order valence-corrected chi connectivity index (χ2v) is 8.76. The van der Waals surface area contributed by atoms with E-state index in [4.69, 9.17) is 16.6 Å². The molecule has 0 aliphatic carbocycles. The zero-order valence-electron chi connectivity index (χ0n) is 19.3. The van der Waals surface area contributed by atoms with Crippen molar-refractivity contribution in [1.29, 1.82) is 5.26 Å². The SMILES string of the molecule is Cc1cc(-n2ncc(C#N)c2Nc2ncnc3c2cnn3-c2cccc(Cl)c2)nc2c(C)cccc12. The molecule has 0 saturated heterocycles. The van der Waals surface area contributed by atoms with E-state index in [-0.39, 0.29) is 0 Å². The highest BCUT2D eigenvalue weighted by Crippen LogP contribution is 2.29. The van der Waals surface area contributed by atoms with Crippen LogP contribution in [0.4, 0.5) is 11.6 Å². The third-order valence-electron chi connectivity index (χ3n) is 6.00. The molecule has 2 aromatic carbocycles. The number of hydrogen-bond donors (Lipinski definition) is 1. The summed E-state index contributed by atoms with van der Waals surface area (Å²) in [5, 5.41) is 24.4. The van der Waals surface area contributed by atoms with Gasteiger partial charge in [0.05, 0.1) is 29.0 Å². The van der Waals surface area contributed by atoms with E-state index in [2.05, 4.69) is 31.6 Å². The Bertz CT molecular complexity index is 1830. The molecular formula is C26H18ClN9. The maximum atomic E-state index is 9.79. The van der Waals surface area contributed by atoms with Crippen LogP contribution in [0.3, 0.4) is 0 Å². The zero-order chi connectivity index (χ0) is 24.8. The first-order chi connectivity index (χ1) is 17.5. The summed E-state index contributed by atoms with van der Waals surface area (Å²) in [5.74, 6) is 1.53. The van der Waals surface area contributed by atoms with Crippen molar-refractivity contribution in [3.8, 4) is 17.6 Å². The molecule has 6 aromatic rings. The van der Waals surface area contributed by atoms with Crippen molar-refractivity contribution in [2.24, 2.45) is 0 Å². The van der Waals surface area contributed by atoms with Gasteiger partial charge >= 0.3 is 0 Å². The Hall–Kier alpha value is -4.81. The van der Waals surface area contributed by atoms with E-state index >= 15 is 0 Å². The normalized spacial score (nSPS) is 11.2. The average Bonchev–Trinajstić information content (AvgIpc) is 3.49. The standard InChI is InChI=1S/C26H18ClN9/c1-15-5-3-8-20-16(2)9-22(33-23(15)20)36-25(17(11-28)12-31-36)34-24-21-13-32-35(26(21)30-14-29-24)19-7-4-6-18(27)10-19/h3-10,12-14H,1-2H3,(H,29,30,34). The van der Waals surface area contributed by atoms with Crippen molar-refractivity contribution >= 4 is 45.2 Å². The third-order valence-corrected chi connectivity index (χ3v) is 6.23. The molecule has 0 spiro atoms. The van der Waals surface area contributed by atoms with Crippen LogP contribution in [0.1, 0.15) is 16.7 Å². The predicted octanol–water partition coefficient (Wildman–Crippen LogP) is 5.43. The molecule has 0 radical (unpaired) electrons. The number of anilines is 2. The van der Waals surface area contributed by atoms with Gasteiger partial charge in [0.1, 0.15) is 23.8 Å². The highest BCUT2D eigenvalue weighted by Gasteiger charge is 2.18. The highest BCUT2D eigenvalue weighted by atomic mass is 35.5. The summed E-state index contributed by atoms with van der Waals surface area (Å²) in [4.78, 5) is 13.7. The summed E-state index contributed by atoms with van der Waals surface area (Å²) in [6.45, 7) is 4.06. The second-order valence-electron chi connectivity index (χ2n) is 8.32. The van der Waals surface area contributed by atoms with Gasteiger partial charge in [0, 0.05) is 10.4 Å². The average molecular weight is 492 g/mol. The maximum Gasteiger partial charge on any atom is 0.168 e. The topological polar surface area (TPSA) is 110 Å². The Morgan fingerprint density at radius 3 is 2.58 bits per heavy atom. The third kappa shape index (κ3) is 3.52. The van der Waals surface area contributed by atoms with Crippen LogP contribution < -0.4 is 5.32 Å². The van der Waals surface area contributed by atoms with E-state index in [1.807, 2.05) is 56.3 Å². The molecule has 0 unspecified atom stereocenters. The van der Waals surface area contributed by atoms with E-state index < -0.39 is 0 Å². The molecule has 1 N–H and O–H groups in total. The van der Waals surface area contributed by atoms with Crippen LogP contribution in [0.25, 0.3) is 33.4 Å². The summed E-state index contributed by atoms with van der Waals surface area (Å²) < 4.78 is 3.31. The Morgan fingerprint density at radius 2 is 1.75 bits per heavy atom. The minimum atomic E-state index is 0.355. The second kappa shape index (κ2) is 8.45. The molecule has 0 aliphatic rings. The zero-order valence-corrected chi connectivity index (χ0v) is 20.1. The van der Waals surface area contributed by atoms with E-state index in [0.29, 0.717) is 39.1 Å². The lowest BCUT2D eigenvalue weighted by Crippen LogP contribution is -2.07. The molecule has 4 heterocycles. The molecule has 6 rings (SSSR count). The van der Waals surface area contributed by atoms with Crippen molar-refractivity contribution in [2.45, 2.75) is 13.8 Å². The Labute approximate surface area is 210 Å². The van der Waals surface area contributed by atoms with Gasteiger partial charge in [-0.25, -0.2) is 19.6 Å². The van der Waals surface area contributed by atoms with Crippen molar-refractivity contribution in [3.63, 3.8) is 0 Å². The van der Waals surface area contributed by atoms with Crippen LogP contribution >= 0.6 is 11.6 Å². The van der Waals surface area contributed by atoms with Crippen molar-refractivity contribution in [3.05, 3.63) is 89.0 Å². The van der Waals surface area contributed by atoms with Crippen LogP contribution in [0.15, 0.2) is 67.3 Å². The van der Waals surface area contributed by atoms with Crippen molar-refractivity contribution < 1.29 is 0 Å². The summed E-state index contributed by atoms with van der Waals surface area (Å²) in [7, 11) is 0. The molecule has 0 fully saturated rings. The van der Waals surface area contributed by atoms with E-state index in [9.17, 15) is 5.26 Å². The van der Waals surface area contributed by atoms with Gasteiger partial charge in [-0.05, 0) is 49.2 Å². The van der Waals surface area contributed by atoms with Crippen LogP contribution in [-0.2, 0) is 0 Å². The number of fused-ring (bicyclic) bond motifs is 2. The number of rotatable bonds is 4. The van der Waals surface area contributed by atoms with Gasteiger partial charge in [0.25, 0.3) is 0 Å².